The Morgan fingerprint density at radius 1 is 1.42 bits per heavy atom. The lowest BCUT2D eigenvalue weighted by atomic mass is 10.1. The van der Waals surface area contributed by atoms with Crippen molar-refractivity contribution in [3.05, 3.63) is 17.3 Å². The maximum Gasteiger partial charge on any atom is 0.237 e. The van der Waals surface area contributed by atoms with Gasteiger partial charge in [-0.05, 0) is 5.92 Å². The summed E-state index contributed by atoms with van der Waals surface area (Å²) in [5.74, 6) is 1.20. The van der Waals surface area contributed by atoms with Crippen molar-refractivity contribution in [2.24, 2.45) is 5.92 Å². The topological polar surface area (TPSA) is 47.8 Å². The van der Waals surface area contributed by atoms with E-state index in [0.717, 1.165) is 10.7 Å². The SMILES string of the molecule is COCC(NCc1c(OC)nc2sccn12)C(C)C. The molecule has 2 heterocycles. The molecule has 0 saturated heterocycles. The molecule has 0 aliphatic heterocycles. The van der Waals surface area contributed by atoms with E-state index in [1.807, 2.05) is 11.6 Å². The van der Waals surface area contributed by atoms with E-state index < -0.39 is 0 Å². The molecule has 19 heavy (non-hydrogen) atoms. The highest BCUT2D eigenvalue weighted by molar-refractivity contribution is 7.15. The Hall–Kier alpha value is -1.11. The smallest absolute Gasteiger partial charge is 0.237 e. The Kier molecular flexibility index (Phi) is 4.79. The van der Waals surface area contributed by atoms with Crippen molar-refractivity contribution in [1.82, 2.24) is 14.7 Å². The molecule has 2 aromatic rings. The maximum absolute atomic E-state index is 5.34. The summed E-state index contributed by atoms with van der Waals surface area (Å²) in [5.41, 5.74) is 1.06. The number of nitrogens with zero attached hydrogens (tertiary/aromatic N) is 2. The second-order valence-electron chi connectivity index (χ2n) is 4.81. The van der Waals surface area contributed by atoms with Crippen molar-refractivity contribution in [2.75, 3.05) is 20.8 Å². The van der Waals surface area contributed by atoms with Gasteiger partial charge in [-0.2, -0.15) is 4.98 Å². The van der Waals surface area contributed by atoms with Gasteiger partial charge < -0.3 is 14.8 Å². The number of nitrogens with one attached hydrogen (secondary N) is 1. The number of rotatable bonds is 7. The first-order chi connectivity index (χ1) is 9.17. The van der Waals surface area contributed by atoms with E-state index in [4.69, 9.17) is 9.47 Å². The lowest BCUT2D eigenvalue weighted by molar-refractivity contribution is 0.146. The van der Waals surface area contributed by atoms with E-state index in [0.29, 0.717) is 31.0 Å². The van der Waals surface area contributed by atoms with Crippen LogP contribution in [0.3, 0.4) is 0 Å². The van der Waals surface area contributed by atoms with Gasteiger partial charge in [-0.25, -0.2) is 0 Å². The summed E-state index contributed by atoms with van der Waals surface area (Å²) in [6, 6.07) is 0.318. The number of fused-ring (bicyclic) bond motifs is 1. The van der Waals surface area contributed by atoms with Crippen LogP contribution in [0.5, 0.6) is 5.88 Å². The average molecular weight is 283 g/mol. The zero-order valence-electron chi connectivity index (χ0n) is 11.8. The molecule has 0 fully saturated rings. The zero-order chi connectivity index (χ0) is 13.8. The summed E-state index contributed by atoms with van der Waals surface area (Å²) >= 11 is 1.61. The second-order valence-corrected chi connectivity index (χ2v) is 5.68. The molecule has 0 aliphatic carbocycles. The summed E-state index contributed by atoms with van der Waals surface area (Å²) in [4.78, 5) is 5.41. The van der Waals surface area contributed by atoms with E-state index in [2.05, 4.69) is 28.5 Å². The predicted molar refractivity (Wildman–Crippen MR) is 77.0 cm³/mol. The van der Waals surface area contributed by atoms with Crippen molar-refractivity contribution >= 4 is 16.3 Å². The molecule has 0 saturated carbocycles. The van der Waals surface area contributed by atoms with Gasteiger partial charge in [-0.1, -0.05) is 13.8 Å². The summed E-state index contributed by atoms with van der Waals surface area (Å²) in [6.07, 6.45) is 2.02. The molecular formula is C13H21N3O2S. The lowest BCUT2D eigenvalue weighted by Crippen LogP contribution is -2.37. The number of hydrogen-bond donors (Lipinski definition) is 1. The van der Waals surface area contributed by atoms with Crippen LogP contribution in [-0.4, -0.2) is 36.3 Å². The number of methoxy groups -OCH3 is 2. The Morgan fingerprint density at radius 2 is 2.21 bits per heavy atom. The molecule has 106 valence electrons. The largest absolute Gasteiger partial charge is 0.480 e. The van der Waals surface area contributed by atoms with E-state index in [1.165, 1.54) is 0 Å². The van der Waals surface area contributed by atoms with Crippen molar-refractivity contribution < 1.29 is 9.47 Å². The predicted octanol–water partition coefficient (Wildman–Crippen LogP) is 2.17. The zero-order valence-corrected chi connectivity index (χ0v) is 12.7. The fourth-order valence-corrected chi connectivity index (χ4v) is 2.76. The molecule has 5 nitrogen and oxygen atoms in total. The third-order valence-electron chi connectivity index (χ3n) is 3.20. The van der Waals surface area contributed by atoms with Gasteiger partial charge in [-0.3, -0.25) is 4.40 Å². The molecule has 6 heteroatoms. The number of ether oxygens (including phenoxy) is 2. The minimum atomic E-state index is 0.318. The van der Waals surface area contributed by atoms with Crippen LogP contribution in [0.4, 0.5) is 0 Å². The molecule has 0 aliphatic rings. The summed E-state index contributed by atoms with van der Waals surface area (Å²) in [7, 11) is 3.39. The molecule has 0 spiro atoms. The van der Waals surface area contributed by atoms with Crippen molar-refractivity contribution in [2.45, 2.75) is 26.4 Å². The van der Waals surface area contributed by atoms with Gasteiger partial charge in [0, 0.05) is 31.3 Å². The van der Waals surface area contributed by atoms with Gasteiger partial charge in [0.15, 0.2) is 4.96 Å². The Labute approximate surface area is 117 Å². The highest BCUT2D eigenvalue weighted by Gasteiger charge is 2.17. The quantitative estimate of drug-likeness (QED) is 0.846. The van der Waals surface area contributed by atoms with Gasteiger partial charge in [0.1, 0.15) is 5.69 Å². The van der Waals surface area contributed by atoms with E-state index in [9.17, 15) is 0 Å². The van der Waals surface area contributed by atoms with Gasteiger partial charge in [0.25, 0.3) is 0 Å². The van der Waals surface area contributed by atoms with Gasteiger partial charge >= 0.3 is 0 Å². The Balaban J connectivity index is 2.13. The monoisotopic (exact) mass is 283 g/mol. The molecule has 2 aromatic heterocycles. The molecular weight excluding hydrogens is 262 g/mol. The van der Waals surface area contributed by atoms with E-state index in [-0.39, 0.29) is 0 Å². The van der Waals surface area contributed by atoms with Crippen LogP contribution in [0.15, 0.2) is 11.6 Å². The van der Waals surface area contributed by atoms with Crippen LogP contribution in [0.1, 0.15) is 19.5 Å². The van der Waals surface area contributed by atoms with Crippen LogP contribution in [0, 0.1) is 5.92 Å². The van der Waals surface area contributed by atoms with Crippen LogP contribution in [0.25, 0.3) is 4.96 Å². The Bertz CT molecular complexity index is 521. The molecule has 0 bridgehead atoms. The molecule has 0 aromatic carbocycles. The highest BCUT2D eigenvalue weighted by Crippen LogP contribution is 2.23. The maximum atomic E-state index is 5.34. The summed E-state index contributed by atoms with van der Waals surface area (Å²) < 4.78 is 12.7. The lowest BCUT2D eigenvalue weighted by Gasteiger charge is -2.21. The van der Waals surface area contributed by atoms with Crippen LogP contribution in [0.2, 0.25) is 0 Å². The first-order valence-corrected chi connectivity index (χ1v) is 7.26. The molecule has 1 N–H and O–H groups in total. The first kappa shape index (κ1) is 14.3. The van der Waals surface area contributed by atoms with Crippen molar-refractivity contribution in [1.29, 1.82) is 0 Å². The summed E-state index contributed by atoms with van der Waals surface area (Å²) in [5, 5.41) is 5.55. The van der Waals surface area contributed by atoms with E-state index >= 15 is 0 Å². The standard InChI is InChI=1S/C13H21N3O2S/c1-9(2)10(8-17-3)14-7-11-12(18-4)15-13-16(11)5-6-19-13/h5-6,9-10,14H,7-8H2,1-4H3. The van der Waals surface area contributed by atoms with Crippen molar-refractivity contribution in [3.8, 4) is 5.88 Å². The average Bonchev–Trinajstić information content (AvgIpc) is 2.94. The number of thiazole rings is 1. The molecule has 1 unspecified atom stereocenters. The highest BCUT2D eigenvalue weighted by atomic mass is 32.1. The van der Waals surface area contributed by atoms with Gasteiger partial charge in [0.05, 0.1) is 13.7 Å². The minimum Gasteiger partial charge on any atom is -0.480 e. The molecule has 1 atom stereocenters. The fraction of sp³-hybridized carbons (Fsp3) is 0.615. The van der Waals surface area contributed by atoms with Crippen LogP contribution < -0.4 is 10.1 Å². The normalized spacial score (nSPS) is 13.3. The van der Waals surface area contributed by atoms with Gasteiger partial charge in [0.2, 0.25) is 5.88 Å². The van der Waals surface area contributed by atoms with E-state index in [1.54, 1.807) is 25.6 Å². The first-order valence-electron chi connectivity index (χ1n) is 6.38. The second kappa shape index (κ2) is 6.36. The number of aromatic nitrogens is 2. The van der Waals surface area contributed by atoms with Crippen LogP contribution in [-0.2, 0) is 11.3 Å². The fourth-order valence-electron chi connectivity index (χ4n) is 2.03. The molecule has 0 amide bonds. The van der Waals surface area contributed by atoms with Crippen molar-refractivity contribution in [3.63, 3.8) is 0 Å². The van der Waals surface area contributed by atoms with Gasteiger partial charge in [-0.15, -0.1) is 11.3 Å². The Morgan fingerprint density at radius 3 is 2.84 bits per heavy atom. The minimum absolute atomic E-state index is 0.318. The summed E-state index contributed by atoms with van der Waals surface area (Å²) in [6.45, 7) is 5.79. The molecule has 0 radical (unpaired) electrons. The van der Waals surface area contributed by atoms with Crippen LogP contribution >= 0.6 is 11.3 Å². The third kappa shape index (κ3) is 3.08. The molecule has 2 rings (SSSR count). The number of imidazole rings is 1. The number of hydrogen-bond acceptors (Lipinski definition) is 5. The third-order valence-corrected chi connectivity index (χ3v) is 3.96.